The fraction of sp³-hybridized carbons (Fsp3) is 0.214. The third-order valence-electron chi connectivity index (χ3n) is 2.48. The van der Waals surface area contributed by atoms with Gasteiger partial charge in [0.1, 0.15) is 18.1 Å². The molecule has 17 heavy (non-hydrogen) atoms. The highest BCUT2D eigenvalue weighted by molar-refractivity contribution is 6.01. The molecule has 0 heterocycles. The molecule has 0 aliphatic heterocycles. The molecule has 0 fully saturated rings. The summed E-state index contributed by atoms with van der Waals surface area (Å²) in [5.41, 5.74) is 1.67. The molecule has 1 N–H and O–H groups in total. The minimum atomic E-state index is -0.123. The number of phenols is 1. The molecule has 1 aromatic rings. The summed E-state index contributed by atoms with van der Waals surface area (Å²) in [6.07, 6.45) is 3.13. The standard InChI is InChI=1S/C14H16O3/c1-5-7-17-13-8-12(16)9(3)11(6-2)14(13)10(4)15/h5-6,8,16H,1-2,7H2,3-4H3. The predicted molar refractivity (Wildman–Crippen MR) is 68.6 cm³/mol. The molecule has 0 aromatic heterocycles. The van der Waals surface area contributed by atoms with Crippen molar-refractivity contribution in [2.75, 3.05) is 6.61 Å². The monoisotopic (exact) mass is 232 g/mol. The van der Waals surface area contributed by atoms with Crippen LogP contribution in [0.15, 0.2) is 25.3 Å². The fourth-order valence-electron chi connectivity index (χ4n) is 1.64. The van der Waals surface area contributed by atoms with Crippen LogP contribution in [0.25, 0.3) is 6.08 Å². The van der Waals surface area contributed by atoms with Crippen LogP contribution in [0, 0.1) is 6.92 Å². The number of hydrogen-bond donors (Lipinski definition) is 1. The van der Waals surface area contributed by atoms with E-state index in [9.17, 15) is 9.90 Å². The molecule has 1 rings (SSSR count). The highest BCUT2D eigenvalue weighted by atomic mass is 16.5. The maximum absolute atomic E-state index is 11.6. The number of ether oxygens (including phenoxy) is 1. The molecule has 0 radical (unpaired) electrons. The molecule has 0 spiro atoms. The first kappa shape index (κ1) is 13.0. The van der Waals surface area contributed by atoms with Gasteiger partial charge in [-0.15, -0.1) is 0 Å². The van der Waals surface area contributed by atoms with Crippen LogP contribution < -0.4 is 4.74 Å². The molecular formula is C14H16O3. The van der Waals surface area contributed by atoms with Crippen LogP contribution >= 0.6 is 0 Å². The van der Waals surface area contributed by atoms with Crippen LogP contribution in [-0.4, -0.2) is 17.5 Å². The Morgan fingerprint density at radius 2 is 2.18 bits per heavy atom. The molecule has 0 saturated carbocycles. The summed E-state index contributed by atoms with van der Waals surface area (Å²) in [5.74, 6) is 0.321. The summed E-state index contributed by atoms with van der Waals surface area (Å²) < 4.78 is 5.38. The highest BCUT2D eigenvalue weighted by Crippen LogP contribution is 2.33. The van der Waals surface area contributed by atoms with E-state index in [2.05, 4.69) is 13.2 Å². The van der Waals surface area contributed by atoms with Gasteiger partial charge in [0.05, 0.1) is 5.56 Å². The lowest BCUT2D eigenvalue weighted by molar-refractivity contribution is 0.101. The Bertz CT molecular complexity index is 473. The van der Waals surface area contributed by atoms with Gasteiger partial charge in [0, 0.05) is 6.07 Å². The SMILES string of the molecule is C=CCOc1cc(O)c(C)c(C=C)c1C(C)=O. The normalized spacial score (nSPS) is 9.76. The second-order valence-electron chi connectivity index (χ2n) is 3.67. The van der Waals surface area contributed by atoms with Crippen LogP contribution in [0.3, 0.4) is 0 Å². The van der Waals surface area contributed by atoms with E-state index in [4.69, 9.17) is 4.74 Å². The second kappa shape index (κ2) is 5.34. The van der Waals surface area contributed by atoms with Crippen molar-refractivity contribution in [2.24, 2.45) is 0 Å². The van der Waals surface area contributed by atoms with Gasteiger partial charge in [-0.05, 0) is 25.0 Å². The largest absolute Gasteiger partial charge is 0.508 e. The van der Waals surface area contributed by atoms with Crippen molar-refractivity contribution < 1.29 is 14.6 Å². The number of benzene rings is 1. The lowest BCUT2D eigenvalue weighted by Gasteiger charge is -2.14. The predicted octanol–water partition coefficient (Wildman–Crippen LogP) is 3.11. The van der Waals surface area contributed by atoms with Crippen molar-refractivity contribution in [1.82, 2.24) is 0 Å². The maximum Gasteiger partial charge on any atom is 0.164 e. The van der Waals surface area contributed by atoms with Crippen molar-refractivity contribution in [3.05, 3.63) is 42.0 Å². The Balaban J connectivity index is 3.46. The number of carbonyl (C=O) groups excluding carboxylic acids is 1. The molecule has 3 nitrogen and oxygen atoms in total. The van der Waals surface area contributed by atoms with Crippen molar-refractivity contribution >= 4 is 11.9 Å². The van der Waals surface area contributed by atoms with Gasteiger partial charge in [-0.3, -0.25) is 4.79 Å². The van der Waals surface area contributed by atoms with E-state index in [-0.39, 0.29) is 18.1 Å². The van der Waals surface area contributed by atoms with E-state index in [1.54, 1.807) is 19.1 Å². The van der Waals surface area contributed by atoms with Gasteiger partial charge in [0.2, 0.25) is 0 Å². The Morgan fingerprint density at radius 1 is 1.53 bits per heavy atom. The Morgan fingerprint density at radius 3 is 2.65 bits per heavy atom. The molecule has 0 aliphatic carbocycles. The van der Waals surface area contributed by atoms with Crippen LogP contribution in [0.4, 0.5) is 0 Å². The summed E-state index contributed by atoms with van der Waals surface area (Å²) in [4.78, 5) is 11.6. The van der Waals surface area contributed by atoms with E-state index in [0.29, 0.717) is 22.4 Å². The van der Waals surface area contributed by atoms with Gasteiger partial charge >= 0.3 is 0 Å². The van der Waals surface area contributed by atoms with E-state index in [1.165, 1.54) is 13.0 Å². The Hall–Kier alpha value is -2.03. The van der Waals surface area contributed by atoms with Crippen molar-refractivity contribution in [3.63, 3.8) is 0 Å². The molecule has 90 valence electrons. The van der Waals surface area contributed by atoms with Crippen LogP contribution in [0.1, 0.15) is 28.4 Å². The zero-order valence-electron chi connectivity index (χ0n) is 10.1. The lowest BCUT2D eigenvalue weighted by Crippen LogP contribution is -2.05. The van der Waals surface area contributed by atoms with Crippen molar-refractivity contribution in [3.8, 4) is 11.5 Å². The van der Waals surface area contributed by atoms with Crippen molar-refractivity contribution in [1.29, 1.82) is 0 Å². The first-order chi connectivity index (χ1) is 8.02. The van der Waals surface area contributed by atoms with Gasteiger partial charge in [-0.25, -0.2) is 0 Å². The first-order valence-corrected chi connectivity index (χ1v) is 5.26. The third-order valence-corrected chi connectivity index (χ3v) is 2.48. The van der Waals surface area contributed by atoms with Gasteiger partial charge in [0.15, 0.2) is 5.78 Å². The molecule has 0 saturated heterocycles. The van der Waals surface area contributed by atoms with Crippen LogP contribution in [-0.2, 0) is 0 Å². The molecule has 0 atom stereocenters. The molecule has 3 heteroatoms. The van der Waals surface area contributed by atoms with Crippen molar-refractivity contribution in [2.45, 2.75) is 13.8 Å². The number of ketones is 1. The van der Waals surface area contributed by atoms with Crippen LogP contribution in [0.5, 0.6) is 11.5 Å². The fourth-order valence-corrected chi connectivity index (χ4v) is 1.64. The van der Waals surface area contributed by atoms with Crippen LogP contribution in [0.2, 0.25) is 0 Å². The number of carbonyl (C=O) groups is 1. The minimum absolute atomic E-state index is 0.0870. The van der Waals surface area contributed by atoms with Gasteiger partial charge in [-0.1, -0.05) is 25.3 Å². The zero-order valence-corrected chi connectivity index (χ0v) is 10.1. The summed E-state index contributed by atoms with van der Waals surface area (Å²) in [6.45, 7) is 10.7. The van der Waals surface area contributed by atoms with E-state index in [0.717, 1.165) is 0 Å². The van der Waals surface area contributed by atoms with Gasteiger partial charge in [0.25, 0.3) is 0 Å². The molecule has 0 unspecified atom stereocenters. The number of rotatable bonds is 5. The van der Waals surface area contributed by atoms with Gasteiger partial charge < -0.3 is 9.84 Å². The summed E-state index contributed by atoms with van der Waals surface area (Å²) in [7, 11) is 0. The average molecular weight is 232 g/mol. The molecule has 0 amide bonds. The molecule has 0 aliphatic rings. The Labute approximate surface area is 101 Å². The quantitative estimate of drug-likeness (QED) is 0.626. The molecular weight excluding hydrogens is 216 g/mol. The Kier molecular flexibility index (Phi) is 4.10. The minimum Gasteiger partial charge on any atom is -0.508 e. The number of hydrogen-bond acceptors (Lipinski definition) is 3. The number of phenolic OH excluding ortho intramolecular Hbond substituents is 1. The lowest BCUT2D eigenvalue weighted by atomic mass is 9.97. The van der Waals surface area contributed by atoms with E-state index < -0.39 is 0 Å². The number of Topliss-reactive ketones (excluding diaryl/α,β-unsaturated/α-hetero) is 1. The maximum atomic E-state index is 11.6. The smallest absolute Gasteiger partial charge is 0.164 e. The topological polar surface area (TPSA) is 46.5 Å². The molecule has 0 bridgehead atoms. The third kappa shape index (κ3) is 2.56. The first-order valence-electron chi connectivity index (χ1n) is 5.26. The number of aromatic hydroxyl groups is 1. The summed E-state index contributed by atoms with van der Waals surface area (Å²) in [6, 6.07) is 1.45. The van der Waals surface area contributed by atoms with E-state index >= 15 is 0 Å². The summed E-state index contributed by atoms with van der Waals surface area (Å²) >= 11 is 0. The zero-order chi connectivity index (χ0) is 13.0. The average Bonchev–Trinajstić information content (AvgIpc) is 2.29. The second-order valence-corrected chi connectivity index (χ2v) is 3.67. The highest BCUT2D eigenvalue weighted by Gasteiger charge is 2.17. The van der Waals surface area contributed by atoms with Gasteiger partial charge in [-0.2, -0.15) is 0 Å². The molecule has 1 aromatic carbocycles. The summed E-state index contributed by atoms with van der Waals surface area (Å²) in [5, 5.41) is 9.75. The van der Waals surface area contributed by atoms with E-state index in [1.807, 2.05) is 0 Å².